The molecule has 3 rings (SSSR count). The summed E-state index contributed by atoms with van der Waals surface area (Å²) in [7, 11) is 0. The van der Waals surface area contributed by atoms with Gasteiger partial charge in [-0.2, -0.15) is 0 Å². The topological polar surface area (TPSA) is 92.3 Å². The predicted molar refractivity (Wildman–Crippen MR) is 83.6 cm³/mol. The van der Waals surface area contributed by atoms with Crippen molar-refractivity contribution in [1.29, 1.82) is 0 Å². The molecule has 3 N–H and O–H groups in total. The fraction of sp³-hybridized carbons (Fsp3) is 0.438. The minimum absolute atomic E-state index is 0.296. The second-order valence-electron chi connectivity index (χ2n) is 5.75. The highest BCUT2D eigenvalue weighted by Gasteiger charge is 2.14. The molecular weight excluding hydrogens is 282 g/mol. The van der Waals surface area contributed by atoms with Gasteiger partial charge in [-0.3, -0.25) is 9.78 Å². The maximum absolute atomic E-state index is 11.5. The van der Waals surface area contributed by atoms with E-state index in [0.717, 1.165) is 25.2 Å². The quantitative estimate of drug-likeness (QED) is 0.874. The number of nitrogens with one attached hydrogen (secondary N) is 1. The van der Waals surface area contributed by atoms with Crippen LogP contribution in [0.2, 0.25) is 0 Å². The summed E-state index contributed by atoms with van der Waals surface area (Å²) in [5.41, 5.74) is 7.35. The second kappa shape index (κ2) is 6.36. The third-order valence-corrected chi connectivity index (χ3v) is 4.07. The molecular formula is C16H20N3O3. The molecule has 0 atom stereocenters. The highest BCUT2D eigenvalue weighted by Crippen LogP contribution is 2.19. The lowest BCUT2D eigenvalue weighted by atomic mass is 10.0. The van der Waals surface area contributed by atoms with Gasteiger partial charge in [0.15, 0.2) is 5.58 Å². The number of primary amides is 1. The first-order valence-electron chi connectivity index (χ1n) is 7.63. The summed E-state index contributed by atoms with van der Waals surface area (Å²) in [5.74, 6) is -1.15. The highest BCUT2D eigenvalue weighted by molar-refractivity contribution is 6.03. The molecule has 2 heterocycles. The van der Waals surface area contributed by atoms with E-state index in [1.165, 1.54) is 19.3 Å². The van der Waals surface area contributed by atoms with Gasteiger partial charge >= 0.3 is 5.76 Å². The van der Waals surface area contributed by atoms with Crippen LogP contribution in [0.15, 0.2) is 21.3 Å². The number of aromatic amines is 1. The van der Waals surface area contributed by atoms with E-state index < -0.39 is 11.7 Å². The Bertz CT molecular complexity index is 726. The summed E-state index contributed by atoms with van der Waals surface area (Å²) in [6.45, 7) is 3.23. The Kier molecular flexibility index (Phi) is 4.29. The molecule has 6 heteroatoms. The van der Waals surface area contributed by atoms with E-state index in [2.05, 4.69) is 16.3 Å². The van der Waals surface area contributed by atoms with Gasteiger partial charge in [0.05, 0.1) is 11.1 Å². The van der Waals surface area contributed by atoms with Crippen LogP contribution < -0.4 is 11.5 Å². The molecule has 1 aromatic carbocycles. The van der Waals surface area contributed by atoms with E-state index in [1.807, 2.05) is 0 Å². The lowest BCUT2D eigenvalue weighted by Crippen LogP contribution is -2.31. The first-order valence-corrected chi connectivity index (χ1v) is 7.63. The number of nitrogens with zero attached hydrogens (tertiary/aromatic N) is 1. The van der Waals surface area contributed by atoms with Gasteiger partial charge in [-0.05, 0) is 56.5 Å². The molecule has 1 radical (unpaired) electrons. The SMILES string of the molecule is NC(=O)c1cc(C[CH]CN2CCCCC2)cc2oc(=O)[nH]c12. The molecule has 1 aliphatic rings. The molecule has 1 amide bonds. The number of carbonyl (C=O) groups excluding carboxylic acids is 1. The van der Waals surface area contributed by atoms with E-state index in [4.69, 9.17) is 10.2 Å². The normalized spacial score (nSPS) is 16.2. The van der Waals surface area contributed by atoms with E-state index in [1.54, 1.807) is 12.1 Å². The molecule has 6 nitrogen and oxygen atoms in total. The van der Waals surface area contributed by atoms with Crippen molar-refractivity contribution in [3.63, 3.8) is 0 Å². The second-order valence-corrected chi connectivity index (χ2v) is 5.75. The monoisotopic (exact) mass is 302 g/mol. The van der Waals surface area contributed by atoms with E-state index in [9.17, 15) is 9.59 Å². The van der Waals surface area contributed by atoms with Crippen LogP contribution in [0.1, 0.15) is 35.2 Å². The number of H-pyrrole nitrogens is 1. The number of piperidine rings is 1. The molecule has 22 heavy (non-hydrogen) atoms. The molecule has 117 valence electrons. The van der Waals surface area contributed by atoms with Crippen molar-refractivity contribution in [1.82, 2.24) is 9.88 Å². The minimum Gasteiger partial charge on any atom is -0.408 e. The Morgan fingerprint density at radius 2 is 2.09 bits per heavy atom. The van der Waals surface area contributed by atoms with Gasteiger partial charge in [-0.25, -0.2) is 4.79 Å². The number of nitrogens with two attached hydrogens (primary N) is 1. The summed E-state index contributed by atoms with van der Waals surface area (Å²) in [6.07, 6.45) is 6.74. The van der Waals surface area contributed by atoms with Crippen molar-refractivity contribution in [3.05, 3.63) is 40.2 Å². The zero-order valence-corrected chi connectivity index (χ0v) is 12.4. The average Bonchev–Trinajstić information content (AvgIpc) is 2.87. The van der Waals surface area contributed by atoms with Crippen LogP contribution in [0.25, 0.3) is 11.1 Å². The number of oxazole rings is 1. The van der Waals surface area contributed by atoms with Gasteiger partial charge in [0.1, 0.15) is 0 Å². The zero-order chi connectivity index (χ0) is 15.5. The van der Waals surface area contributed by atoms with Crippen LogP contribution in [0, 0.1) is 6.42 Å². The van der Waals surface area contributed by atoms with Gasteiger partial charge in [-0.15, -0.1) is 0 Å². The number of hydrogen-bond acceptors (Lipinski definition) is 4. The molecule has 1 fully saturated rings. The van der Waals surface area contributed by atoms with Crippen molar-refractivity contribution < 1.29 is 9.21 Å². The Hall–Kier alpha value is -2.08. The van der Waals surface area contributed by atoms with Crippen LogP contribution in [0.3, 0.4) is 0 Å². The maximum atomic E-state index is 11.5. The van der Waals surface area contributed by atoms with Gasteiger partial charge in [0.25, 0.3) is 5.91 Å². The van der Waals surface area contributed by atoms with Crippen LogP contribution in [0.4, 0.5) is 0 Å². The number of likely N-dealkylation sites (tertiary alicyclic amines) is 1. The molecule has 0 aliphatic carbocycles. The van der Waals surface area contributed by atoms with Crippen molar-refractivity contribution in [3.8, 4) is 0 Å². The largest absolute Gasteiger partial charge is 0.417 e. The maximum Gasteiger partial charge on any atom is 0.417 e. The molecule has 0 spiro atoms. The van der Waals surface area contributed by atoms with E-state index in [-0.39, 0.29) is 0 Å². The number of carbonyl (C=O) groups is 1. The fourth-order valence-corrected chi connectivity index (χ4v) is 2.98. The van der Waals surface area contributed by atoms with Crippen LogP contribution >= 0.6 is 0 Å². The van der Waals surface area contributed by atoms with Gasteiger partial charge < -0.3 is 15.1 Å². The van der Waals surface area contributed by atoms with Crippen molar-refractivity contribution in [2.75, 3.05) is 19.6 Å². The summed E-state index contributed by atoms with van der Waals surface area (Å²) >= 11 is 0. The van der Waals surface area contributed by atoms with Crippen LogP contribution in [-0.4, -0.2) is 35.4 Å². The molecule has 0 bridgehead atoms. The first-order chi connectivity index (χ1) is 10.6. The molecule has 1 saturated heterocycles. The summed E-state index contributed by atoms with van der Waals surface area (Å²) in [5, 5.41) is 0. The fourth-order valence-electron chi connectivity index (χ4n) is 2.98. The molecule has 1 aromatic heterocycles. The molecule has 0 unspecified atom stereocenters. The van der Waals surface area contributed by atoms with Crippen molar-refractivity contribution in [2.24, 2.45) is 5.73 Å². The van der Waals surface area contributed by atoms with Gasteiger partial charge in [0.2, 0.25) is 0 Å². The number of aromatic nitrogens is 1. The Morgan fingerprint density at radius 3 is 2.82 bits per heavy atom. The zero-order valence-electron chi connectivity index (χ0n) is 12.4. The Morgan fingerprint density at radius 1 is 1.32 bits per heavy atom. The van der Waals surface area contributed by atoms with Crippen LogP contribution in [0.5, 0.6) is 0 Å². The summed E-state index contributed by atoms with van der Waals surface area (Å²) in [4.78, 5) is 27.8. The molecule has 1 aliphatic heterocycles. The Labute approximate surface area is 128 Å². The third kappa shape index (κ3) is 3.22. The predicted octanol–water partition coefficient (Wildman–Crippen LogP) is 1.45. The summed E-state index contributed by atoms with van der Waals surface area (Å²) < 4.78 is 5.05. The average molecular weight is 302 g/mol. The molecule has 0 saturated carbocycles. The highest BCUT2D eigenvalue weighted by atomic mass is 16.4. The third-order valence-electron chi connectivity index (χ3n) is 4.07. The van der Waals surface area contributed by atoms with Gasteiger partial charge in [-0.1, -0.05) is 6.42 Å². The number of hydrogen-bond donors (Lipinski definition) is 2. The van der Waals surface area contributed by atoms with Gasteiger partial charge in [0, 0.05) is 6.54 Å². The summed E-state index contributed by atoms with van der Waals surface area (Å²) in [6, 6.07) is 3.51. The molecule has 2 aromatic rings. The number of benzene rings is 1. The lowest BCUT2D eigenvalue weighted by Gasteiger charge is -2.26. The first kappa shape index (κ1) is 14.8. The van der Waals surface area contributed by atoms with Crippen molar-refractivity contribution in [2.45, 2.75) is 25.7 Å². The number of rotatable bonds is 5. The van der Waals surface area contributed by atoms with Crippen LogP contribution in [-0.2, 0) is 6.42 Å². The standard InChI is InChI=1S/C16H20N3O3/c17-15(20)12-9-11(10-13-14(12)18-16(21)22-13)5-4-8-19-6-2-1-3-7-19/h4,9-10H,1-3,5-8H2,(H2,17,20)(H,18,21). The van der Waals surface area contributed by atoms with E-state index >= 15 is 0 Å². The van der Waals surface area contributed by atoms with E-state index in [0.29, 0.717) is 23.1 Å². The van der Waals surface area contributed by atoms with Crippen molar-refractivity contribution >= 4 is 17.0 Å². The number of fused-ring (bicyclic) bond motifs is 1. The number of amides is 1. The lowest BCUT2D eigenvalue weighted by molar-refractivity contribution is 0.100. The minimum atomic E-state index is -0.577. The Balaban J connectivity index is 1.73. The smallest absolute Gasteiger partial charge is 0.408 e.